The van der Waals surface area contributed by atoms with E-state index in [0.29, 0.717) is 12.0 Å². The average Bonchev–Trinajstić information content (AvgIpc) is 2.69. The van der Waals surface area contributed by atoms with E-state index in [2.05, 4.69) is 0 Å². The molecule has 0 saturated carbocycles. The highest BCUT2D eigenvalue weighted by Crippen LogP contribution is 2.33. The summed E-state index contributed by atoms with van der Waals surface area (Å²) in [4.78, 5) is 11.1. The SMILES string of the molecule is O=C(O)c1sccc1C1CCS(=O)(=O)C1. The van der Waals surface area contributed by atoms with E-state index in [0.717, 1.165) is 11.3 Å². The Morgan fingerprint density at radius 3 is 2.80 bits per heavy atom. The molecule has 1 unspecified atom stereocenters. The third-order valence-electron chi connectivity index (χ3n) is 2.56. The van der Waals surface area contributed by atoms with Gasteiger partial charge in [-0.1, -0.05) is 0 Å². The van der Waals surface area contributed by atoms with E-state index in [4.69, 9.17) is 5.11 Å². The zero-order valence-corrected chi connectivity index (χ0v) is 9.47. The molecule has 1 aliphatic rings. The van der Waals surface area contributed by atoms with Gasteiger partial charge >= 0.3 is 5.97 Å². The quantitative estimate of drug-likeness (QED) is 0.855. The molecule has 0 aliphatic carbocycles. The van der Waals surface area contributed by atoms with Crippen molar-refractivity contribution in [2.75, 3.05) is 11.5 Å². The van der Waals surface area contributed by atoms with Crippen LogP contribution in [0.4, 0.5) is 0 Å². The topological polar surface area (TPSA) is 71.4 Å². The third kappa shape index (κ3) is 2.05. The van der Waals surface area contributed by atoms with Crippen molar-refractivity contribution in [1.29, 1.82) is 0 Å². The van der Waals surface area contributed by atoms with Crippen LogP contribution in [0, 0.1) is 0 Å². The molecule has 1 fully saturated rings. The molecule has 0 amide bonds. The van der Waals surface area contributed by atoms with E-state index in [1.165, 1.54) is 0 Å². The monoisotopic (exact) mass is 246 g/mol. The Morgan fingerprint density at radius 2 is 2.27 bits per heavy atom. The number of carboxylic acid groups (broad SMARTS) is 1. The summed E-state index contributed by atoms with van der Waals surface area (Å²) in [6.45, 7) is 0. The fraction of sp³-hybridized carbons (Fsp3) is 0.444. The summed E-state index contributed by atoms with van der Waals surface area (Å²) in [6.07, 6.45) is 0.541. The van der Waals surface area contributed by atoms with Gasteiger partial charge in [-0.25, -0.2) is 13.2 Å². The molecule has 82 valence electrons. The van der Waals surface area contributed by atoms with E-state index >= 15 is 0 Å². The maximum Gasteiger partial charge on any atom is 0.346 e. The van der Waals surface area contributed by atoms with Crippen LogP contribution in [0.5, 0.6) is 0 Å². The number of carboxylic acids is 1. The van der Waals surface area contributed by atoms with Gasteiger partial charge in [0.1, 0.15) is 4.88 Å². The molecule has 1 aromatic rings. The molecule has 2 heterocycles. The fourth-order valence-electron chi connectivity index (χ4n) is 1.85. The second kappa shape index (κ2) is 3.61. The Kier molecular flexibility index (Phi) is 2.56. The van der Waals surface area contributed by atoms with Crippen molar-refractivity contribution in [3.63, 3.8) is 0 Å². The summed E-state index contributed by atoms with van der Waals surface area (Å²) >= 11 is 1.15. The van der Waals surface area contributed by atoms with E-state index < -0.39 is 15.8 Å². The van der Waals surface area contributed by atoms with Gasteiger partial charge < -0.3 is 5.11 Å². The molecular formula is C9H10O4S2. The lowest BCUT2D eigenvalue weighted by molar-refractivity contribution is 0.0700. The summed E-state index contributed by atoms with van der Waals surface area (Å²) in [7, 11) is -2.95. The molecule has 15 heavy (non-hydrogen) atoms. The summed E-state index contributed by atoms with van der Waals surface area (Å²) < 4.78 is 22.5. The summed E-state index contributed by atoms with van der Waals surface area (Å²) in [5, 5.41) is 10.6. The van der Waals surface area contributed by atoms with Gasteiger partial charge in [0, 0.05) is 5.92 Å². The molecule has 1 atom stereocenters. The van der Waals surface area contributed by atoms with Crippen LogP contribution in [0.15, 0.2) is 11.4 Å². The van der Waals surface area contributed by atoms with Gasteiger partial charge in [0.25, 0.3) is 0 Å². The fourth-order valence-corrected chi connectivity index (χ4v) is 4.45. The number of thiophene rings is 1. The average molecular weight is 246 g/mol. The highest BCUT2D eigenvalue weighted by Gasteiger charge is 2.31. The van der Waals surface area contributed by atoms with Crippen LogP contribution in [-0.2, 0) is 9.84 Å². The van der Waals surface area contributed by atoms with Crippen molar-refractivity contribution in [2.24, 2.45) is 0 Å². The van der Waals surface area contributed by atoms with Crippen molar-refractivity contribution >= 4 is 27.1 Å². The molecule has 0 bridgehead atoms. The minimum Gasteiger partial charge on any atom is -0.477 e. The van der Waals surface area contributed by atoms with Gasteiger partial charge in [0.2, 0.25) is 0 Å². The number of hydrogen-bond donors (Lipinski definition) is 1. The van der Waals surface area contributed by atoms with Crippen molar-refractivity contribution in [3.8, 4) is 0 Å². The van der Waals surface area contributed by atoms with Crippen molar-refractivity contribution < 1.29 is 18.3 Å². The van der Waals surface area contributed by atoms with E-state index in [1.807, 2.05) is 0 Å². The smallest absolute Gasteiger partial charge is 0.346 e. The predicted octanol–water partition coefficient (Wildman–Crippen LogP) is 1.35. The number of aromatic carboxylic acids is 1. The molecular weight excluding hydrogens is 236 g/mol. The normalized spacial score (nSPS) is 24.1. The van der Waals surface area contributed by atoms with Crippen LogP contribution in [0.2, 0.25) is 0 Å². The highest BCUT2D eigenvalue weighted by molar-refractivity contribution is 7.91. The van der Waals surface area contributed by atoms with E-state index in [9.17, 15) is 13.2 Å². The number of carbonyl (C=O) groups is 1. The Bertz CT molecular complexity index is 486. The maximum atomic E-state index is 11.3. The van der Waals surface area contributed by atoms with E-state index in [-0.39, 0.29) is 22.3 Å². The van der Waals surface area contributed by atoms with Crippen LogP contribution in [0.3, 0.4) is 0 Å². The molecule has 6 heteroatoms. The molecule has 2 rings (SSSR count). The van der Waals surface area contributed by atoms with Gasteiger partial charge in [0.05, 0.1) is 11.5 Å². The van der Waals surface area contributed by atoms with Gasteiger partial charge in [0.15, 0.2) is 9.84 Å². The molecule has 1 saturated heterocycles. The predicted molar refractivity (Wildman–Crippen MR) is 57.3 cm³/mol. The minimum atomic E-state index is -2.95. The zero-order valence-electron chi connectivity index (χ0n) is 7.84. The first-order valence-corrected chi connectivity index (χ1v) is 7.21. The van der Waals surface area contributed by atoms with Gasteiger partial charge in [-0.15, -0.1) is 11.3 Å². The Hall–Kier alpha value is -0.880. The summed E-state index contributed by atoms with van der Waals surface area (Å²) in [5.74, 6) is -0.840. The first kappa shape index (κ1) is 10.6. The van der Waals surface area contributed by atoms with Crippen molar-refractivity contribution in [1.82, 2.24) is 0 Å². The molecule has 1 aromatic heterocycles. The first-order chi connectivity index (χ1) is 6.99. The van der Waals surface area contributed by atoms with Crippen LogP contribution in [0.25, 0.3) is 0 Å². The van der Waals surface area contributed by atoms with Crippen molar-refractivity contribution in [2.45, 2.75) is 12.3 Å². The largest absolute Gasteiger partial charge is 0.477 e. The van der Waals surface area contributed by atoms with Crippen LogP contribution in [0.1, 0.15) is 27.6 Å². The molecule has 1 N–H and O–H groups in total. The molecule has 1 aliphatic heterocycles. The second-order valence-electron chi connectivity index (χ2n) is 3.61. The zero-order chi connectivity index (χ0) is 11.1. The molecule has 0 aromatic carbocycles. The lowest BCUT2D eigenvalue weighted by atomic mass is 9.99. The molecule has 4 nitrogen and oxygen atoms in total. The Balaban J connectivity index is 2.32. The number of sulfone groups is 1. The second-order valence-corrected chi connectivity index (χ2v) is 6.76. The number of rotatable bonds is 2. The van der Waals surface area contributed by atoms with Gasteiger partial charge in [-0.05, 0) is 23.4 Å². The van der Waals surface area contributed by atoms with Gasteiger partial charge in [-0.2, -0.15) is 0 Å². The number of hydrogen-bond acceptors (Lipinski definition) is 4. The minimum absolute atomic E-state index is 0.0873. The van der Waals surface area contributed by atoms with Crippen molar-refractivity contribution in [3.05, 3.63) is 21.9 Å². The van der Waals surface area contributed by atoms with Crippen LogP contribution >= 0.6 is 11.3 Å². The lowest BCUT2D eigenvalue weighted by Gasteiger charge is -2.06. The summed E-state index contributed by atoms with van der Waals surface area (Å²) in [6, 6.07) is 1.72. The molecule has 0 radical (unpaired) electrons. The van der Waals surface area contributed by atoms with Gasteiger partial charge in [-0.3, -0.25) is 0 Å². The standard InChI is InChI=1S/C9H10O4S2/c10-9(11)8-7(1-3-14-8)6-2-4-15(12,13)5-6/h1,3,6H,2,4-5H2,(H,10,11). The third-order valence-corrected chi connectivity index (χ3v) is 5.25. The maximum absolute atomic E-state index is 11.3. The Labute approximate surface area is 91.5 Å². The van der Waals surface area contributed by atoms with Crippen LogP contribution < -0.4 is 0 Å². The van der Waals surface area contributed by atoms with Crippen LogP contribution in [-0.4, -0.2) is 31.0 Å². The summed E-state index contributed by atoms with van der Waals surface area (Å²) in [5.41, 5.74) is 0.675. The lowest BCUT2D eigenvalue weighted by Crippen LogP contribution is -2.06. The first-order valence-electron chi connectivity index (χ1n) is 4.51. The highest BCUT2D eigenvalue weighted by atomic mass is 32.2. The van der Waals surface area contributed by atoms with E-state index in [1.54, 1.807) is 11.4 Å². The Morgan fingerprint density at radius 1 is 1.53 bits per heavy atom. The molecule has 0 spiro atoms.